The highest BCUT2D eigenvalue weighted by molar-refractivity contribution is 7.54. The number of carbonyl (C=O) groups is 2. The lowest BCUT2D eigenvalue weighted by Crippen LogP contribution is -2.30. The average molecular weight is 267 g/mol. The predicted octanol–water partition coefficient (Wildman–Crippen LogP) is 1.48. The van der Waals surface area contributed by atoms with E-state index in [2.05, 4.69) is 0 Å². The summed E-state index contributed by atoms with van der Waals surface area (Å²) in [5, 5.41) is 0. The Hall–Kier alpha value is -1.49. The van der Waals surface area contributed by atoms with E-state index < -0.39 is 19.4 Å². The van der Waals surface area contributed by atoms with Crippen LogP contribution in [0.15, 0.2) is 24.3 Å². The minimum Gasteiger partial charge on any atom is -0.305 e. The van der Waals surface area contributed by atoms with Crippen molar-refractivity contribution in [1.29, 1.82) is 0 Å². The van der Waals surface area contributed by atoms with Crippen molar-refractivity contribution in [2.24, 2.45) is 0 Å². The van der Waals surface area contributed by atoms with Gasteiger partial charge in [-0.2, -0.15) is 0 Å². The Kier molecular flexibility index (Phi) is 2.59. The van der Waals surface area contributed by atoms with Gasteiger partial charge < -0.3 is 9.05 Å². The molecule has 0 unspecified atom stereocenters. The van der Waals surface area contributed by atoms with E-state index in [0.29, 0.717) is 11.1 Å². The van der Waals surface area contributed by atoms with Crippen LogP contribution in [0.3, 0.4) is 0 Å². The predicted molar refractivity (Wildman–Crippen MR) is 61.3 cm³/mol. The molecule has 1 saturated heterocycles. The summed E-state index contributed by atoms with van der Waals surface area (Å²) in [6, 6.07) is 6.50. The quantitative estimate of drug-likeness (QED) is 0.599. The van der Waals surface area contributed by atoms with Gasteiger partial charge in [0.25, 0.3) is 11.8 Å². The van der Waals surface area contributed by atoms with Gasteiger partial charge in [0.15, 0.2) is 0 Å². The zero-order chi connectivity index (χ0) is 12.8. The maximum absolute atomic E-state index is 12.0. The van der Waals surface area contributed by atoms with Gasteiger partial charge in [0.2, 0.25) is 0 Å². The highest BCUT2D eigenvalue weighted by atomic mass is 31.2. The van der Waals surface area contributed by atoms with Gasteiger partial charge in [-0.25, -0.2) is 0 Å². The minimum absolute atomic E-state index is 0.223. The van der Waals surface area contributed by atoms with E-state index >= 15 is 0 Å². The summed E-state index contributed by atoms with van der Waals surface area (Å²) < 4.78 is 22.0. The first-order chi connectivity index (χ1) is 8.61. The van der Waals surface area contributed by atoms with Gasteiger partial charge in [-0.3, -0.25) is 19.1 Å². The Morgan fingerprint density at radius 1 is 1.06 bits per heavy atom. The first-order valence-corrected chi connectivity index (χ1v) is 7.17. The van der Waals surface area contributed by atoms with Crippen molar-refractivity contribution in [2.75, 3.05) is 19.5 Å². The monoisotopic (exact) mass is 267 g/mol. The number of benzene rings is 1. The van der Waals surface area contributed by atoms with Gasteiger partial charge in [0, 0.05) is 0 Å². The molecule has 0 atom stereocenters. The zero-order valence-electron chi connectivity index (χ0n) is 9.37. The van der Waals surface area contributed by atoms with Gasteiger partial charge in [-0.15, -0.1) is 0 Å². The number of imide groups is 1. The molecule has 1 aromatic rings. The van der Waals surface area contributed by atoms with Crippen molar-refractivity contribution >= 4 is 19.4 Å². The lowest BCUT2D eigenvalue weighted by Gasteiger charge is -2.17. The molecule has 2 aliphatic heterocycles. The molecule has 7 heteroatoms. The first kappa shape index (κ1) is 11.6. The third kappa shape index (κ3) is 1.70. The van der Waals surface area contributed by atoms with Crippen LogP contribution in [-0.4, -0.2) is 36.2 Å². The summed E-state index contributed by atoms with van der Waals surface area (Å²) in [6.45, 7) is 0.445. The van der Waals surface area contributed by atoms with E-state index in [9.17, 15) is 14.2 Å². The normalized spacial score (nSPS) is 21.4. The van der Waals surface area contributed by atoms with Crippen molar-refractivity contribution in [3.05, 3.63) is 35.4 Å². The molecule has 18 heavy (non-hydrogen) atoms. The second-order valence-electron chi connectivity index (χ2n) is 4.00. The molecule has 0 bridgehead atoms. The largest absolute Gasteiger partial charge is 0.350 e. The molecule has 2 amide bonds. The van der Waals surface area contributed by atoms with E-state index in [0.717, 1.165) is 4.90 Å². The summed E-state index contributed by atoms with van der Waals surface area (Å²) in [5.74, 6) is -0.908. The van der Waals surface area contributed by atoms with E-state index in [4.69, 9.17) is 9.05 Å². The number of amides is 2. The lowest BCUT2D eigenvalue weighted by atomic mass is 10.1. The highest BCUT2D eigenvalue weighted by Gasteiger charge is 2.42. The fourth-order valence-electron chi connectivity index (χ4n) is 2.01. The summed E-state index contributed by atoms with van der Waals surface area (Å²) in [7, 11) is -3.34. The van der Waals surface area contributed by atoms with Crippen molar-refractivity contribution in [3.63, 3.8) is 0 Å². The van der Waals surface area contributed by atoms with E-state index in [1.54, 1.807) is 24.3 Å². The standard InChI is InChI=1S/C11H10NO5P/c13-10-8-3-1-2-4-9(8)11(14)12(10)7-18(15)16-5-6-17-18/h1-4H,5-7H2. The second-order valence-corrected chi connectivity index (χ2v) is 6.02. The molecular weight excluding hydrogens is 257 g/mol. The molecule has 1 fully saturated rings. The Morgan fingerprint density at radius 3 is 2.06 bits per heavy atom. The third-order valence-corrected chi connectivity index (χ3v) is 4.63. The molecule has 0 spiro atoms. The summed E-state index contributed by atoms with van der Waals surface area (Å²) >= 11 is 0. The molecule has 2 heterocycles. The van der Waals surface area contributed by atoms with E-state index in [1.165, 1.54) is 0 Å². The molecular formula is C11H10NO5P. The third-order valence-electron chi connectivity index (χ3n) is 2.85. The van der Waals surface area contributed by atoms with Crippen LogP contribution in [0.1, 0.15) is 20.7 Å². The number of nitrogens with zero attached hydrogens (tertiary/aromatic N) is 1. The Morgan fingerprint density at radius 2 is 1.56 bits per heavy atom. The van der Waals surface area contributed by atoms with Crippen LogP contribution in [0.5, 0.6) is 0 Å². The minimum atomic E-state index is -3.34. The Balaban J connectivity index is 1.90. The van der Waals surface area contributed by atoms with E-state index in [1.807, 2.05) is 0 Å². The Bertz CT molecular complexity index is 540. The molecule has 0 saturated carbocycles. The lowest BCUT2D eigenvalue weighted by molar-refractivity contribution is 0.0670. The number of carbonyl (C=O) groups excluding carboxylic acids is 2. The molecule has 1 aromatic carbocycles. The van der Waals surface area contributed by atoms with Crippen LogP contribution in [0.2, 0.25) is 0 Å². The number of hydrogen-bond acceptors (Lipinski definition) is 5. The summed E-state index contributed by atoms with van der Waals surface area (Å²) in [5.41, 5.74) is 0.654. The molecule has 0 radical (unpaired) electrons. The summed E-state index contributed by atoms with van der Waals surface area (Å²) in [4.78, 5) is 24.9. The molecule has 0 aliphatic carbocycles. The summed E-state index contributed by atoms with van der Waals surface area (Å²) in [6.07, 6.45) is -0.320. The first-order valence-electron chi connectivity index (χ1n) is 5.44. The van der Waals surface area contributed by atoms with Crippen LogP contribution in [-0.2, 0) is 13.6 Å². The van der Waals surface area contributed by atoms with Crippen LogP contribution < -0.4 is 0 Å². The van der Waals surface area contributed by atoms with Crippen molar-refractivity contribution in [3.8, 4) is 0 Å². The Labute approximate surface area is 103 Å². The van der Waals surface area contributed by atoms with Gasteiger partial charge in [-0.1, -0.05) is 12.1 Å². The van der Waals surface area contributed by atoms with Gasteiger partial charge in [0.05, 0.1) is 24.3 Å². The smallest absolute Gasteiger partial charge is 0.305 e. The molecule has 2 aliphatic rings. The zero-order valence-corrected chi connectivity index (χ0v) is 10.3. The number of hydrogen-bond donors (Lipinski definition) is 0. The van der Waals surface area contributed by atoms with Gasteiger partial charge in [0.1, 0.15) is 6.29 Å². The average Bonchev–Trinajstić information content (AvgIpc) is 2.89. The fraction of sp³-hybridized carbons (Fsp3) is 0.273. The highest BCUT2D eigenvalue weighted by Crippen LogP contribution is 2.52. The number of rotatable bonds is 2. The number of fused-ring (bicyclic) bond motifs is 1. The van der Waals surface area contributed by atoms with Crippen LogP contribution in [0.25, 0.3) is 0 Å². The maximum atomic E-state index is 12.0. The van der Waals surface area contributed by atoms with E-state index in [-0.39, 0.29) is 19.5 Å². The fourth-order valence-corrected chi connectivity index (χ4v) is 3.56. The molecule has 0 aromatic heterocycles. The van der Waals surface area contributed by atoms with Crippen LogP contribution in [0.4, 0.5) is 0 Å². The molecule has 3 rings (SSSR count). The van der Waals surface area contributed by atoms with Crippen molar-refractivity contribution < 1.29 is 23.2 Å². The van der Waals surface area contributed by atoms with Crippen molar-refractivity contribution in [1.82, 2.24) is 4.90 Å². The van der Waals surface area contributed by atoms with Gasteiger partial charge >= 0.3 is 7.60 Å². The van der Waals surface area contributed by atoms with Crippen LogP contribution >= 0.6 is 7.60 Å². The maximum Gasteiger partial charge on any atom is 0.350 e. The SMILES string of the molecule is O=C1c2ccccc2C(=O)N1CP1(=O)OCCO1. The second kappa shape index (κ2) is 4.02. The van der Waals surface area contributed by atoms with Gasteiger partial charge in [-0.05, 0) is 12.1 Å². The topological polar surface area (TPSA) is 72.9 Å². The molecule has 0 N–H and O–H groups in total. The molecule has 6 nitrogen and oxygen atoms in total. The molecule has 94 valence electrons. The van der Waals surface area contributed by atoms with Crippen molar-refractivity contribution in [2.45, 2.75) is 0 Å². The van der Waals surface area contributed by atoms with Crippen LogP contribution in [0, 0.1) is 0 Å².